The number of Topliss-reactive ketones (excluding diaryl/α,β-unsaturated/α-hetero) is 1. The van der Waals surface area contributed by atoms with Gasteiger partial charge in [-0.2, -0.15) is 5.10 Å². The van der Waals surface area contributed by atoms with Crippen LogP contribution in [0.15, 0.2) is 40.4 Å². The van der Waals surface area contributed by atoms with Gasteiger partial charge in [-0.15, -0.1) is 0 Å². The van der Waals surface area contributed by atoms with Crippen molar-refractivity contribution in [3.05, 3.63) is 47.2 Å². The average Bonchev–Trinajstić information content (AvgIpc) is 3.09. The van der Waals surface area contributed by atoms with Crippen molar-refractivity contribution in [3.8, 4) is 0 Å². The van der Waals surface area contributed by atoms with Gasteiger partial charge in [0.25, 0.3) is 0 Å². The minimum absolute atomic E-state index is 0.156. The van der Waals surface area contributed by atoms with E-state index in [1.54, 1.807) is 6.92 Å². The zero-order valence-corrected chi connectivity index (χ0v) is 18.2. The van der Waals surface area contributed by atoms with Crippen LogP contribution < -0.4 is 10.2 Å². The average molecular weight is 411 g/mol. The number of carbonyl (C=O) groups excluding carboxylic acids is 1. The topological polar surface area (TPSA) is 86.8 Å². The number of H-pyrrole nitrogens is 1. The highest BCUT2D eigenvalue weighted by Gasteiger charge is 2.15. The molecule has 0 fully saturated rings. The molecule has 0 aliphatic carbocycles. The van der Waals surface area contributed by atoms with Gasteiger partial charge in [0.05, 0.1) is 0 Å². The predicted octanol–water partition coefficient (Wildman–Crippen LogP) is 4.30. The Hall–Kier alpha value is -2.87. The molecule has 0 saturated heterocycles. The molecule has 0 spiro atoms. The van der Waals surface area contributed by atoms with Gasteiger partial charge in [-0.05, 0) is 57.2 Å². The van der Waals surface area contributed by atoms with Crippen LogP contribution in [0.2, 0.25) is 0 Å². The van der Waals surface area contributed by atoms with E-state index in [0.29, 0.717) is 11.6 Å². The van der Waals surface area contributed by atoms with E-state index in [1.807, 2.05) is 51.2 Å². The molecule has 2 N–H and O–H groups in total. The van der Waals surface area contributed by atoms with Crippen LogP contribution in [-0.4, -0.2) is 39.5 Å². The monoisotopic (exact) mass is 410 g/mol. The molecule has 29 heavy (non-hydrogen) atoms. The van der Waals surface area contributed by atoms with E-state index in [-0.39, 0.29) is 5.78 Å². The summed E-state index contributed by atoms with van der Waals surface area (Å²) in [5, 5.41) is 11.1. The minimum Gasteiger partial charge on any atom is -0.360 e. The van der Waals surface area contributed by atoms with Gasteiger partial charge in [0.2, 0.25) is 0 Å². The molecule has 3 rings (SSSR count). The fraction of sp³-hybridized carbons (Fsp3) is 0.333. The van der Waals surface area contributed by atoms with Gasteiger partial charge < -0.3 is 10.2 Å². The van der Waals surface area contributed by atoms with E-state index < -0.39 is 0 Å². The third-order valence-corrected chi connectivity index (χ3v) is 5.35. The normalized spacial score (nSPS) is 10.8. The van der Waals surface area contributed by atoms with E-state index >= 15 is 0 Å². The molecule has 0 aliphatic rings. The minimum atomic E-state index is 0.156. The molecule has 7 nitrogen and oxygen atoms in total. The fourth-order valence-electron chi connectivity index (χ4n) is 2.85. The first-order valence-corrected chi connectivity index (χ1v) is 10.3. The van der Waals surface area contributed by atoms with Crippen LogP contribution in [0.3, 0.4) is 0 Å². The van der Waals surface area contributed by atoms with Crippen molar-refractivity contribution in [1.82, 2.24) is 20.2 Å². The van der Waals surface area contributed by atoms with Gasteiger partial charge in [0, 0.05) is 42.2 Å². The van der Waals surface area contributed by atoms with Crippen LogP contribution in [0.25, 0.3) is 0 Å². The number of hydrogen-bond donors (Lipinski definition) is 2. The summed E-state index contributed by atoms with van der Waals surface area (Å²) in [4.78, 5) is 23.9. The van der Waals surface area contributed by atoms with Gasteiger partial charge in [0.1, 0.15) is 17.4 Å². The standard InChI is InChI=1S/C21H26N6OS/c1-6-27(5)20-15(4)19(22-18-11-13(2)25-26-18)23-21(24-20)29-17-9-7-16(8-10-17)12-14(3)28/h7-11H,6,12H2,1-5H3,(H2,22,23,24,25,26). The number of hydrogen-bond acceptors (Lipinski definition) is 7. The fourth-order valence-corrected chi connectivity index (χ4v) is 3.60. The maximum Gasteiger partial charge on any atom is 0.196 e. The van der Waals surface area contributed by atoms with E-state index in [4.69, 9.17) is 9.97 Å². The molecule has 0 unspecified atom stereocenters. The third kappa shape index (κ3) is 5.35. The molecule has 0 radical (unpaired) electrons. The van der Waals surface area contributed by atoms with Crippen LogP contribution >= 0.6 is 11.8 Å². The van der Waals surface area contributed by atoms with Crippen molar-refractivity contribution in [2.45, 2.75) is 44.2 Å². The Kier molecular flexibility index (Phi) is 6.53. The predicted molar refractivity (Wildman–Crippen MR) is 117 cm³/mol. The van der Waals surface area contributed by atoms with Crippen molar-refractivity contribution in [1.29, 1.82) is 0 Å². The van der Waals surface area contributed by atoms with Crippen molar-refractivity contribution in [3.63, 3.8) is 0 Å². The largest absolute Gasteiger partial charge is 0.360 e. The van der Waals surface area contributed by atoms with Crippen LogP contribution in [0, 0.1) is 13.8 Å². The molecular weight excluding hydrogens is 384 g/mol. The van der Waals surface area contributed by atoms with E-state index in [1.165, 1.54) is 11.8 Å². The maximum atomic E-state index is 11.3. The Balaban J connectivity index is 1.90. The molecule has 0 atom stereocenters. The highest BCUT2D eigenvalue weighted by Crippen LogP contribution is 2.32. The zero-order chi connectivity index (χ0) is 21.0. The van der Waals surface area contributed by atoms with E-state index in [0.717, 1.165) is 45.7 Å². The lowest BCUT2D eigenvalue weighted by Crippen LogP contribution is -2.20. The second-order valence-electron chi connectivity index (χ2n) is 7.00. The van der Waals surface area contributed by atoms with Gasteiger partial charge in [-0.3, -0.25) is 9.89 Å². The van der Waals surface area contributed by atoms with Gasteiger partial charge in [-0.25, -0.2) is 9.97 Å². The molecule has 2 aromatic heterocycles. The summed E-state index contributed by atoms with van der Waals surface area (Å²) < 4.78 is 0. The van der Waals surface area contributed by atoms with E-state index in [2.05, 4.69) is 27.3 Å². The number of rotatable bonds is 8. The van der Waals surface area contributed by atoms with Gasteiger partial charge in [0.15, 0.2) is 11.0 Å². The molecule has 152 valence electrons. The van der Waals surface area contributed by atoms with Gasteiger partial charge >= 0.3 is 0 Å². The smallest absolute Gasteiger partial charge is 0.196 e. The Bertz CT molecular complexity index is 999. The number of aromatic nitrogens is 4. The number of aromatic amines is 1. The number of benzene rings is 1. The Labute approximate surface area is 175 Å². The molecular formula is C21H26N6OS. The number of aryl methyl sites for hydroxylation is 1. The van der Waals surface area contributed by atoms with Crippen molar-refractivity contribution in [2.24, 2.45) is 0 Å². The Morgan fingerprint density at radius 2 is 1.93 bits per heavy atom. The molecule has 0 bridgehead atoms. The summed E-state index contributed by atoms with van der Waals surface area (Å²) in [5.74, 6) is 2.49. The van der Waals surface area contributed by atoms with Crippen LogP contribution in [0.5, 0.6) is 0 Å². The number of nitrogens with zero attached hydrogens (tertiary/aromatic N) is 4. The van der Waals surface area contributed by atoms with E-state index in [9.17, 15) is 4.79 Å². The number of ketones is 1. The van der Waals surface area contributed by atoms with Crippen molar-refractivity contribution in [2.75, 3.05) is 23.8 Å². The third-order valence-electron chi connectivity index (χ3n) is 4.47. The SMILES string of the molecule is CCN(C)c1nc(Sc2ccc(CC(C)=O)cc2)nc(Nc2cc(C)[nH]n2)c1C. The summed E-state index contributed by atoms with van der Waals surface area (Å²) in [6.07, 6.45) is 0.453. The van der Waals surface area contributed by atoms with Crippen LogP contribution in [0.4, 0.5) is 17.5 Å². The Morgan fingerprint density at radius 3 is 2.52 bits per heavy atom. The molecule has 2 heterocycles. The lowest BCUT2D eigenvalue weighted by Gasteiger charge is -2.20. The first-order chi connectivity index (χ1) is 13.9. The Morgan fingerprint density at radius 1 is 1.21 bits per heavy atom. The maximum absolute atomic E-state index is 11.3. The van der Waals surface area contributed by atoms with Crippen LogP contribution in [-0.2, 0) is 11.2 Å². The first kappa shape index (κ1) is 20.9. The van der Waals surface area contributed by atoms with Gasteiger partial charge in [-0.1, -0.05) is 12.1 Å². The lowest BCUT2D eigenvalue weighted by atomic mass is 10.1. The summed E-state index contributed by atoms with van der Waals surface area (Å²) >= 11 is 1.49. The zero-order valence-electron chi connectivity index (χ0n) is 17.4. The second-order valence-corrected chi connectivity index (χ2v) is 8.04. The second kappa shape index (κ2) is 9.09. The van der Waals surface area contributed by atoms with Crippen molar-refractivity contribution >= 4 is 35.0 Å². The van der Waals surface area contributed by atoms with Crippen molar-refractivity contribution < 1.29 is 4.79 Å². The summed E-state index contributed by atoms with van der Waals surface area (Å²) in [7, 11) is 2.02. The molecule has 0 aliphatic heterocycles. The highest BCUT2D eigenvalue weighted by atomic mass is 32.2. The number of carbonyl (C=O) groups is 1. The quantitative estimate of drug-likeness (QED) is 0.535. The lowest BCUT2D eigenvalue weighted by molar-refractivity contribution is -0.116. The molecule has 3 aromatic rings. The molecule has 1 aromatic carbocycles. The first-order valence-electron chi connectivity index (χ1n) is 9.50. The number of nitrogens with one attached hydrogen (secondary N) is 2. The molecule has 8 heteroatoms. The highest BCUT2D eigenvalue weighted by molar-refractivity contribution is 7.99. The summed E-state index contributed by atoms with van der Waals surface area (Å²) in [6, 6.07) is 9.88. The molecule has 0 amide bonds. The number of anilines is 3. The molecule has 0 saturated carbocycles. The van der Waals surface area contributed by atoms with Crippen LogP contribution in [0.1, 0.15) is 30.7 Å². The summed E-state index contributed by atoms with van der Waals surface area (Å²) in [6.45, 7) is 8.49. The summed E-state index contributed by atoms with van der Waals surface area (Å²) in [5.41, 5.74) is 2.95.